The maximum atomic E-state index is 6.20. The summed E-state index contributed by atoms with van der Waals surface area (Å²) in [6, 6.07) is 67.6. The molecule has 10 aromatic rings. The quantitative estimate of drug-likeness (QED) is 0.175. The molecule has 9 aromatic carbocycles. The largest absolute Gasteiger partial charge is 0.456 e. The van der Waals surface area contributed by atoms with Crippen molar-refractivity contribution in [3.63, 3.8) is 0 Å². The zero-order valence-electron chi connectivity index (χ0n) is 27.3. The molecule has 0 aliphatic rings. The molecule has 234 valence electrons. The van der Waals surface area contributed by atoms with Crippen LogP contribution in [0, 0.1) is 0 Å². The second-order valence-electron chi connectivity index (χ2n) is 12.9. The van der Waals surface area contributed by atoms with Gasteiger partial charge in [-0.15, -0.1) is 0 Å². The summed E-state index contributed by atoms with van der Waals surface area (Å²) in [5.41, 5.74) is 9.87. The van der Waals surface area contributed by atoms with Crippen molar-refractivity contribution in [3.8, 4) is 22.3 Å². The molecule has 0 spiro atoms. The van der Waals surface area contributed by atoms with Crippen LogP contribution in [0.4, 0.5) is 17.1 Å². The number of para-hydroxylation sites is 1. The van der Waals surface area contributed by atoms with Crippen LogP contribution >= 0.6 is 0 Å². The van der Waals surface area contributed by atoms with Gasteiger partial charge in [0.2, 0.25) is 0 Å². The first-order valence-electron chi connectivity index (χ1n) is 17.1. The zero-order chi connectivity index (χ0) is 33.0. The molecule has 2 nitrogen and oxygen atoms in total. The van der Waals surface area contributed by atoms with Crippen LogP contribution in [-0.2, 0) is 0 Å². The van der Waals surface area contributed by atoms with Crippen LogP contribution < -0.4 is 4.90 Å². The molecule has 1 aromatic heterocycles. The third-order valence-corrected chi connectivity index (χ3v) is 10.0. The molecule has 0 fully saturated rings. The van der Waals surface area contributed by atoms with Crippen molar-refractivity contribution in [2.24, 2.45) is 0 Å². The summed E-state index contributed by atoms with van der Waals surface area (Å²) < 4.78 is 6.20. The second kappa shape index (κ2) is 11.5. The number of rotatable bonds is 5. The average molecular weight is 638 g/mol. The van der Waals surface area contributed by atoms with Crippen LogP contribution in [0.1, 0.15) is 0 Å². The van der Waals surface area contributed by atoms with E-state index in [-0.39, 0.29) is 0 Å². The first-order valence-corrected chi connectivity index (χ1v) is 17.1. The van der Waals surface area contributed by atoms with E-state index in [0.717, 1.165) is 39.0 Å². The Hall–Kier alpha value is -6.64. The van der Waals surface area contributed by atoms with Gasteiger partial charge in [0.25, 0.3) is 0 Å². The minimum Gasteiger partial charge on any atom is -0.456 e. The molecule has 50 heavy (non-hydrogen) atoms. The summed E-state index contributed by atoms with van der Waals surface area (Å²) in [6.07, 6.45) is 0. The number of hydrogen-bond acceptors (Lipinski definition) is 2. The first-order chi connectivity index (χ1) is 24.8. The summed E-state index contributed by atoms with van der Waals surface area (Å²) in [7, 11) is 0. The van der Waals surface area contributed by atoms with Gasteiger partial charge in [0.05, 0.1) is 0 Å². The highest BCUT2D eigenvalue weighted by molar-refractivity contribution is 6.24. The molecule has 2 heteroatoms. The van der Waals surface area contributed by atoms with Crippen LogP contribution in [0.3, 0.4) is 0 Å². The van der Waals surface area contributed by atoms with Crippen LogP contribution in [0.15, 0.2) is 192 Å². The summed E-state index contributed by atoms with van der Waals surface area (Å²) in [5.74, 6) is 0. The van der Waals surface area contributed by atoms with E-state index in [9.17, 15) is 0 Å². The molecule has 0 saturated heterocycles. The van der Waals surface area contributed by atoms with E-state index < -0.39 is 0 Å². The van der Waals surface area contributed by atoms with E-state index in [1.807, 2.05) is 12.1 Å². The molecule has 0 unspecified atom stereocenters. The van der Waals surface area contributed by atoms with Crippen LogP contribution in [0.5, 0.6) is 0 Å². The van der Waals surface area contributed by atoms with E-state index >= 15 is 0 Å². The summed E-state index contributed by atoms with van der Waals surface area (Å²) in [5, 5.41) is 9.87. The third kappa shape index (κ3) is 4.65. The SMILES string of the molecule is c1ccc(-c2ccc(N(c3ccc(-c4cc5ccccc5c5c4ccc4ccccc45)cc3)c3ccc4oc5ccccc5c4c3)cc2)cc1. The molecular formula is C48H31NO. The standard InChI is InChI=1S/C48H31NO/c1-2-10-32(11-3-1)33-18-23-37(24-19-33)49(39-27-29-47-45(31-39)42-16-8-9-17-46(42)50-47)38-25-20-35(21-26-38)44-30-36-13-5-7-15-41(36)48-40-14-6-4-12-34(40)22-28-43(44)48/h1-31H. The fourth-order valence-electron chi connectivity index (χ4n) is 7.63. The number of benzene rings is 9. The highest BCUT2D eigenvalue weighted by Crippen LogP contribution is 2.42. The molecular weight excluding hydrogens is 607 g/mol. The second-order valence-corrected chi connectivity index (χ2v) is 12.9. The molecule has 0 aliphatic carbocycles. The van der Waals surface area contributed by atoms with Crippen molar-refractivity contribution in [1.82, 2.24) is 0 Å². The lowest BCUT2D eigenvalue weighted by molar-refractivity contribution is 0.669. The number of nitrogens with zero attached hydrogens (tertiary/aromatic N) is 1. The highest BCUT2D eigenvalue weighted by atomic mass is 16.3. The number of anilines is 3. The van der Waals surface area contributed by atoms with Gasteiger partial charge in [-0.3, -0.25) is 0 Å². The molecule has 1 heterocycles. The number of fused-ring (bicyclic) bond motifs is 8. The van der Waals surface area contributed by atoms with E-state index in [2.05, 4.69) is 181 Å². The normalized spacial score (nSPS) is 11.6. The summed E-state index contributed by atoms with van der Waals surface area (Å²) >= 11 is 0. The van der Waals surface area contributed by atoms with Gasteiger partial charge < -0.3 is 9.32 Å². The average Bonchev–Trinajstić information content (AvgIpc) is 3.56. The van der Waals surface area contributed by atoms with E-state index in [1.54, 1.807) is 0 Å². The Morgan fingerprint density at radius 2 is 0.880 bits per heavy atom. The molecule has 0 amide bonds. The van der Waals surface area contributed by atoms with E-state index in [1.165, 1.54) is 54.6 Å². The van der Waals surface area contributed by atoms with Crippen LogP contribution in [-0.4, -0.2) is 0 Å². The zero-order valence-corrected chi connectivity index (χ0v) is 27.3. The number of hydrogen-bond donors (Lipinski definition) is 0. The van der Waals surface area contributed by atoms with E-state index in [0.29, 0.717) is 0 Å². The Labute approximate surface area is 290 Å². The summed E-state index contributed by atoms with van der Waals surface area (Å²) in [6.45, 7) is 0. The molecule has 0 atom stereocenters. The molecule has 0 radical (unpaired) electrons. The Kier molecular flexibility index (Phi) is 6.53. The van der Waals surface area contributed by atoms with Crippen LogP contribution in [0.2, 0.25) is 0 Å². The maximum Gasteiger partial charge on any atom is 0.135 e. The molecule has 0 aliphatic heterocycles. The summed E-state index contributed by atoms with van der Waals surface area (Å²) in [4.78, 5) is 2.34. The molecule has 0 saturated carbocycles. The van der Waals surface area contributed by atoms with Crippen LogP contribution in [0.25, 0.3) is 76.5 Å². The van der Waals surface area contributed by atoms with Gasteiger partial charge in [-0.1, -0.05) is 133 Å². The van der Waals surface area contributed by atoms with Crippen molar-refractivity contribution in [2.75, 3.05) is 4.90 Å². The van der Waals surface area contributed by atoms with Crippen molar-refractivity contribution in [2.45, 2.75) is 0 Å². The van der Waals surface area contributed by atoms with Gasteiger partial charge in [0.1, 0.15) is 11.2 Å². The number of furan rings is 1. The first kappa shape index (κ1) is 28.4. The van der Waals surface area contributed by atoms with Gasteiger partial charge in [0, 0.05) is 27.8 Å². The van der Waals surface area contributed by atoms with Gasteiger partial charge in [-0.05, 0) is 109 Å². The lowest BCUT2D eigenvalue weighted by Crippen LogP contribution is -2.09. The Morgan fingerprint density at radius 1 is 0.320 bits per heavy atom. The predicted octanol–water partition coefficient (Wildman–Crippen LogP) is 13.8. The molecule has 0 N–H and O–H groups in total. The monoisotopic (exact) mass is 637 g/mol. The molecule has 0 bridgehead atoms. The predicted molar refractivity (Wildman–Crippen MR) is 212 cm³/mol. The Balaban J connectivity index is 1.13. The molecule has 10 rings (SSSR count). The van der Waals surface area contributed by atoms with Crippen molar-refractivity contribution in [1.29, 1.82) is 0 Å². The maximum absolute atomic E-state index is 6.20. The Bertz CT molecular complexity index is 2830. The fourth-order valence-corrected chi connectivity index (χ4v) is 7.63. The Morgan fingerprint density at radius 3 is 1.64 bits per heavy atom. The highest BCUT2D eigenvalue weighted by Gasteiger charge is 2.17. The van der Waals surface area contributed by atoms with Gasteiger partial charge in [-0.2, -0.15) is 0 Å². The topological polar surface area (TPSA) is 16.4 Å². The van der Waals surface area contributed by atoms with E-state index in [4.69, 9.17) is 4.42 Å². The van der Waals surface area contributed by atoms with Crippen molar-refractivity contribution < 1.29 is 4.42 Å². The minimum absolute atomic E-state index is 0.889. The van der Waals surface area contributed by atoms with Crippen molar-refractivity contribution in [3.05, 3.63) is 188 Å². The lowest BCUT2D eigenvalue weighted by Gasteiger charge is -2.26. The fraction of sp³-hybridized carbons (Fsp3) is 0. The lowest BCUT2D eigenvalue weighted by atomic mass is 9.90. The third-order valence-electron chi connectivity index (χ3n) is 10.0. The van der Waals surface area contributed by atoms with Gasteiger partial charge in [-0.25, -0.2) is 0 Å². The van der Waals surface area contributed by atoms with Crippen molar-refractivity contribution >= 4 is 71.3 Å². The minimum atomic E-state index is 0.889. The van der Waals surface area contributed by atoms with Gasteiger partial charge >= 0.3 is 0 Å². The smallest absolute Gasteiger partial charge is 0.135 e. The van der Waals surface area contributed by atoms with Gasteiger partial charge in [0.15, 0.2) is 0 Å².